The molecule has 0 atom stereocenters. The van der Waals surface area contributed by atoms with Crippen molar-refractivity contribution >= 4 is 40.5 Å². The Morgan fingerprint density at radius 3 is 2.48 bits per heavy atom. The molecule has 2 heterocycles. The summed E-state index contributed by atoms with van der Waals surface area (Å²) in [6, 6.07) is 7.04. The third kappa shape index (κ3) is 2.92. The van der Waals surface area contributed by atoms with E-state index in [-0.39, 0.29) is 0 Å². The minimum absolute atomic E-state index is 0.334. The van der Waals surface area contributed by atoms with E-state index >= 15 is 0 Å². The normalized spacial score (nSPS) is 12.9. The van der Waals surface area contributed by atoms with Crippen LogP contribution < -0.4 is 26.1 Å². The first kappa shape index (κ1) is 14.1. The van der Waals surface area contributed by atoms with E-state index in [2.05, 4.69) is 15.7 Å². The van der Waals surface area contributed by atoms with Crippen LogP contribution in [0.2, 0.25) is 10.0 Å². The molecule has 1 aliphatic heterocycles. The van der Waals surface area contributed by atoms with Gasteiger partial charge in [0.15, 0.2) is 23.1 Å². The van der Waals surface area contributed by atoms with Crippen molar-refractivity contribution < 1.29 is 9.47 Å². The summed E-state index contributed by atoms with van der Waals surface area (Å²) in [5.74, 6) is 7.51. The van der Waals surface area contributed by atoms with Crippen molar-refractivity contribution in [2.24, 2.45) is 5.84 Å². The van der Waals surface area contributed by atoms with Crippen LogP contribution in [0.25, 0.3) is 0 Å². The molecule has 0 spiro atoms. The topological polar surface area (TPSA) is 81.4 Å². The molecule has 1 aliphatic rings. The lowest BCUT2D eigenvalue weighted by Crippen LogP contribution is -2.15. The van der Waals surface area contributed by atoms with Gasteiger partial charge in [-0.2, -0.15) is 0 Å². The summed E-state index contributed by atoms with van der Waals surface area (Å²) in [4.78, 5) is 4.21. The molecule has 3 rings (SSSR count). The van der Waals surface area contributed by atoms with Crippen LogP contribution in [-0.4, -0.2) is 18.2 Å². The summed E-state index contributed by atoms with van der Waals surface area (Å²) in [6.07, 6.45) is 0. The number of pyridine rings is 1. The van der Waals surface area contributed by atoms with Gasteiger partial charge in [-0.15, -0.1) is 0 Å². The van der Waals surface area contributed by atoms with Crippen LogP contribution in [0, 0.1) is 0 Å². The van der Waals surface area contributed by atoms with E-state index in [9.17, 15) is 0 Å². The third-order valence-corrected chi connectivity index (χ3v) is 3.45. The Morgan fingerprint density at radius 1 is 1.00 bits per heavy atom. The van der Waals surface area contributed by atoms with Gasteiger partial charge < -0.3 is 20.2 Å². The van der Waals surface area contributed by atoms with E-state index in [0.717, 1.165) is 5.69 Å². The molecule has 0 amide bonds. The molecule has 21 heavy (non-hydrogen) atoms. The number of hydrazine groups is 1. The number of nitrogens with two attached hydrogens (primary N) is 1. The highest BCUT2D eigenvalue weighted by molar-refractivity contribution is 6.37. The number of halogens is 2. The Bertz CT molecular complexity index is 681. The highest BCUT2D eigenvalue weighted by Gasteiger charge is 2.13. The molecule has 4 N–H and O–H groups in total. The molecule has 0 saturated carbocycles. The molecule has 0 fully saturated rings. The maximum absolute atomic E-state index is 6.12. The number of benzene rings is 1. The molecule has 0 saturated heterocycles. The molecule has 0 bridgehead atoms. The van der Waals surface area contributed by atoms with Gasteiger partial charge in [-0.3, -0.25) is 0 Å². The number of nitrogens with one attached hydrogen (secondary N) is 2. The Labute approximate surface area is 131 Å². The smallest absolute Gasteiger partial charge is 0.163 e. The maximum Gasteiger partial charge on any atom is 0.163 e. The molecule has 0 radical (unpaired) electrons. The van der Waals surface area contributed by atoms with E-state index in [1.165, 1.54) is 0 Å². The standard InChI is InChI=1S/C13H12Cl2N4O2/c14-8-6-9(15)13(19-16)18-12(8)17-7-1-2-10-11(5-7)21-4-3-20-10/h1-2,5-6H,3-4,16H2,(H2,17,18,19). The van der Waals surface area contributed by atoms with Crippen molar-refractivity contribution in [2.45, 2.75) is 0 Å². The van der Waals surface area contributed by atoms with Gasteiger partial charge in [0.25, 0.3) is 0 Å². The molecule has 110 valence electrons. The summed E-state index contributed by atoms with van der Waals surface area (Å²) >= 11 is 12.1. The van der Waals surface area contributed by atoms with Gasteiger partial charge >= 0.3 is 0 Å². The molecule has 2 aromatic rings. The number of rotatable bonds is 3. The number of aromatic nitrogens is 1. The monoisotopic (exact) mass is 326 g/mol. The Hall–Kier alpha value is -1.89. The van der Waals surface area contributed by atoms with Crippen molar-refractivity contribution in [3.05, 3.63) is 34.3 Å². The van der Waals surface area contributed by atoms with Crippen LogP contribution in [0.5, 0.6) is 11.5 Å². The van der Waals surface area contributed by atoms with Crippen molar-refractivity contribution in [2.75, 3.05) is 24.0 Å². The summed E-state index contributed by atoms with van der Waals surface area (Å²) in [5.41, 5.74) is 3.18. The second-order valence-corrected chi connectivity index (χ2v) is 5.09. The fourth-order valence-electron chi connectivity index (χ4n) is 1.91. The van der Waals surface area contributed by atoms with Crippen molar-refractivity contribution in [1.82, 2.24) is 4.98 Å². The number of anilines is 3. The minimum atomic E-state index is 0.334. The van der Waals surface area contributed by atoms with E-state index in [4.69, 9.17) is 38.5 Å². The van der Waals surface area contributed by atoms with Crippen LogP contribution in [-0.2, 0) is 0 Å². The minimum Gasteiger partial charge on any atom is -0.486 e. The van der Waals surface area contributed by atoms with Crippen molar-refractivity contribution in [1.29, 1.82) is 0 Å². The molecule has 8 heteroatoms. The number of fused-ring (bicyclic) bond motifs is 1. The first-order chi connectivity index (χ1) is 10.2. The fraction of sp³-hybridized carbons (Fsp3) is 0.154. The quantitative estimate of drug-likeness (QED) is 0.593. The lowest BCUT2D eigenvalue weighted by atomic mass is 10.2. The van der Waals surface area contributed by atoms with Crippen molar-refractivity contribution in [3.8, 4) is 11.5 Å². The number of ether oxygens (including phenoxy) is 2. The average molecular weight is 327 g/mol. The second-order valence-electron chi connectivity index (χ2n) is 4.28. The van der Waals surface area contributed by atoms with Gasteiger partial charge in [0, 0.05) is 11.8 Å². The number of nitrogens with zero attached hydrogens (tertiary/aromatic N) is 1. The molecular weight excluding hydrogens is 315 g/mol. The number of nitrogen functional groups attached to an aromatic ring is 1. The zero-order valence-electron chi connectivity index (χ0n) is 10.8. The molecule has 6 nitrogen and oxygen atoms in total. The Kier molecular flexibility index (Phi) is 3.92. The predicted octanol–water partition coefficient (Wildman–Crippen LogP) is 3.19. The summed E-state index contributed by atoms with van der Waals surface area (Å²) < 4.78 is 11.0. The highest BCUT2D eigenvalue weighted by Crippen LogP contribution is 2.35. The zero-order chi connectivity index (χ0) is 14.8. The summed E-state index contributed by atoms with van der Waals surface area (Å²) in [6.45, 7) is 1.08. The van der Waals surface area contributed by atoms with E-state index < -0.39 is 0 Å². The summed E-state index contributed by atoms with van der Waals surface area (Å²) in [5, 5.41) is 3.82. The lowest BCUT2D eigenvalue weighted by molar-refractivity contribution is 0.171. The largest absolute Gasteiger partial charge is 0.486 e. The second kappa shape index (κ2) is 5.85. The van der Waals surface area contributed by atoms with E-state index in [1.807, 2.05) is 18.2 Å². The summed E-state index contributed by atoms with van der Waals surface area (Å²) in [7, 11) is 0. The van der Waals surface area contributed by atoms with Crippen LogP contribution in [0.1, 0.15) is 0 Å². The van der Waals surface area contributed by atoms with Crippen LogP contribution in [0.3, 0.4) is 0 Å². The van der Waals surface area contributed by atoms with Gasteiger partial charge in [0.2, 0.25) is 0 Å². The van der Waals surface area contributed by atoms with E-state index in [0.29, 0.717) is 46.4 Å². The number of hydrogen-bond donors (Lipinski definition) is 3. The molecule has 0 aliphatic carbocycles. The SMILES string of the molecule is NNc1nc(Nc2ccc3c(c2)OCCO3)c(Cl)cc1Cl. The van der Waals surface area contributed by atoms with Gasteiger partial charge in [-0.25, -0.2) is 10.8 Å². The first-order valence-electron chi connectivity index (χ1n) is 6.16. The molecule has 1 aromatic carbocycles. The fourth-order valence-corrected chi connectivity index (χ4v) is 2.37. The number of hydrogen-bond acceptors (Lipinski definition) is 6. The Morgan fingerprint density at radius 2 is 1.71 bits per heavy atom. The molecule has 1 aromatic heterocycles. The third-order valence-electron chi connectivity index (χ3n) is 2.87. The Balaban J connectivity index is 1.90. The maximum atomic E-state index is 6.12. The lowest BCUT2D eigenvalue weighted by Gasteiger charge is -2.19. The highest BCUT2D eigenvalue weighted by atomic mass is 35.5. The first-order valence-corrected chi connectivity index (χ1v) is 6.92. The van der Waals surface area contributed by atoms with Crippen LogP contribution in [0.15, 0.2) is 24.3 Å². The van der Waals surface area contributed by atoms with Crippen molar-refractivity contribution in [3.63, 3.8) is 0 Å². The van der Waals surface area contributed by atoms with Gasteiger partial charge in [-0.05, 0) is 18.2 Å². The van der Waals surface area contributed by atoms with Crippen LogP contribution >= 0.6 is 23.2 Å². The van der Waals surface area contributed by atoms with Gasteiger partial charge in [-0.1, -0.05) is 23.2 Å². The predicted molar refractivity (Wildman–Crippen MR) is 82.8 cm³/mol. The average Bonchev–Trinajstić information content (AvgIpc) is 2.50. The molecular formula is C13H12Cl2N4O2. The van der Waals surface area contributed by atoms with Gasteiger partial charge in [0.1, 0.15) is 13.2 Å². The molecule has 0 unspecified atom stereocenters. The van der Waals surface area contributed by atoms with E-state index in [1.54, 1.807) is 6.07 Å². The van der Waals surface area contributed by atoms with Crippen LogP contribution in [0.4, 0.5) is 17.3 Å². The van der Waals surface area contributed by atoms with Gasteiger partial charge in [0.05, 0.1) is 10.0 Å². The zero-order valence-corrected chi connectivity index (χ0v) is 12.3.